The first kappa shape index (κ1) is 15.1. The summed E-state index contributed by atoms with van der Waals surface area (Å²) in [5, 5.41) is 2.52. The van der Waals surface area contributed by atoms with Crippen molar-refractivity contribution in [2.24, 2.45) is 5.92 Å². The summed E-state index contributed by atoms with van der Waals surface area (Å²) < 4.78 is 10.2. The van der Waals surface area contributed by atoms with Crippen LogP contribution >= 0.6 is 0 Å². The van der Waals surface area contributed by atoms with Crippen LogP contribution in [0.3, 0.4) is 0 Å². The van der Waals surface area contributed by atoms with Crippen LogP contribution in [0.2, 0.25) is 0 Å². The van der Waals surface area contributed by atoms with Crippen LogP contribution in [0.25, 0.3) is 0 Å². The maximum absolute atomic E-state index is 12.0. The van der Waals surface area contributed by atoms with Crippen LogP contribution in [0.15, 0.2) is 12.1 Å². The summed E-state index contributed by atoms with van der Waals surface area (Å²) in [6, 6.07) is 3.29. The quantitative estimate of drug-likeness (QED) is 0.918. The number of carbonyl (C=O) groups excluding carboxylic acids is 2. The summed E-state index contributed by atoms with van der Waals surface area (Å²) in [5.41, 5.74) is 0. The van der Waals surface area contributed by atoms with Gasteiger partial charge in [-0.25, -0.2) is 9.78 Å². The van der Waals surface area contributed by atoms with E-state index in [1.54, 1.807) is 24.0 Å². The molecule has 7 nitrogen and oxygen atoms in total. The molecule has 0 radical (unpaired) electrons. The molecule has 1 aromatic rings. The van der Waals surface area contributed by atoms with E-state index in [1.165, 1.54) is 0 Å². The SMILES string of the molecule is CCOC(=O)Nc1ccc2c(n1)N(CC(C)C)C(=O)CO2. The van der Waals surface area contributed by atoms with Gasteiger partial charge in [0.2, 0.25) is 0 Å². The van der Waals surface area contributed by atoms with E-state index in [-0.39, 0.29) is 19.1 Å². The molecule has 0 fully saturated rings. The molecule has 2 heterocycles. The van der Waals surface area contributed by atoms with Gasteiger partial charge in [-0.05, 0) is 25.0 Å². The number of carbonyl (C=O) groups is 2. The van der Waals surface area contributed by atoms with E-state index in [4.69, 9.17) is 9.47 Å². The predicted molar refractivity (Wildman–Crippen MR) is 77.6 cm³/mol. The molecule has 0 atom stereocenters. The van der Waals surface area contributed by atoms with Crippen LogP contribution in [-0.2, 0) is 9.53 Å². The van der Waals surface area contributed by atoms with Crippen molar-refractivity contribution in [2.45, 2.75) is 20.8 Å². The fourth-order valence-corrected chi connectivity index (χ4v) is 1.97. The molecular formula is C14H19N3O4. The number of hydrogen-bond donors (Lipinski definition) is 1. The third-order valence-corrected chi connectivity index (χ3v) is 2.80. The highest BCUT2D eigenvalue weighted by Crippen LogP contribution is 2.31. The molecular weight excluding hydrogens is 274 g/mol. The molecule has 1 aliphatic heterocycles. The lowest BCUT2D eigenvalue weighted by Gasteiger charge is -2.29. The summed E-state index contributed by atoms with van der Waals surface area (Å²) >= 11 is 0. The van der Waals surface area contributed by atoms with Gasteiger partial charge in [0.15, 0.2) is 18.2 Å². The third kappa shape index (κ3) is 3.62. The number of anilines is 2. The Labute approximate surface area is 123 Å². The molecule has 0 unspecified atom stereocenters. The topological polar surface area (TPSA) is 80.8 Å². The highest BCUT2D eigenvalue weighted by atomic mass is 16.5. The molecule has 0 spiro atoms. The second kappa shape index (κ2) is 6.43. The van der Waals surface area contributed by atoms with E-state index < -0.39 is 6.09 Å². The molecule has 7 heteroatoms. The van der Waals surface area contributed by atoms with Crippen molar-refractivity contribution in [2.75, 3.05) is 30.0 Å². The maximum atomic E-state index is 12.0. The lowest BCUT2D eigenvalue weighted by atomic mass is 10.2. The zero-order valence-corrected chi connectivity index (χ0v) is 12.4. The van der Waals surface area contributed by atoms with Crippen molar-refractivity contribution < 1.29 is 19.1 Å². The smallest absolute Gasteiger partial charge is 0.412 e. The number of pyridine rings is 1. The molecule has 0 saturated carbocycles. The van der Waals surface area contributed by atoms with Crippen LogP contribution in [0.4, 0.5) is 16.4 Å². The Balaban J connectivity index is 2.25. The van der Waals surface area contributed by atoms with Gasteiger partial charge in [0.25, 0.3) is 5.91 Å². The number of nitrogens with one attached hydrogen (secondary N) is 1. The van der Waals surface area contributed by atoms with E-state index in [9.17, 15) is 9.59 Å². The van der Waals surface area contributed by atoms with E-state index in [1.807, 2.05) is 13.8 Å². The average molecular weight is 293 g/mol. The summed E-state index contributed by atoms with van der Waals surface area (Å²) in [7, 11) is 0. The van der Waals surface area contributed by atoms with Gasteiger partial charge in [0.05, 0.1) is 6.61 Å². The Morgan fingerprint density at radius 1 is 1.52 bits per heavy atom. The summed E-state index contributed by atoms with van der Waals surface area (Å²) in [5.74, 6) is 1.43. The lowest BCUT2D eigenvalue weighted by molar-refractivity contribution is -0.121. The molecule has 1 aliphatic rings. The van der Waals surface area contributed by atoms with Gasteiger partial charge in [0, 0.05) is 6.54 Å². The number of nitrogens with zero attached hydrogens (tertiary/aromatic N) is 2. The first-order valence-corrected chi connectivity index (χ1v) is 6.89. The second-order valence-corrected chi connectivity index (χ2v) is 5.05. The standard InChI is InChI=1S/C14H19N3O4/c1-4-20-14(19)16-11-6-5-10-13(15-11)17(7-9(2)3)12(18)8-21-10/h5-6,9H,4,7-8H2,1-3H3,(H,15,16,19). The van der Waals surface area contributed by atoms with Crippen molar-refractivity contribution >= 4 is 23.6 Å². The van der Waals surface area contributed by atoms with Gasteiger partial charge >= 0.3 is 6.09 Å². The molecule has 1 N–H and O–H groups in total. The minimum absolute atomic E-state index is 0.00600. The number of fused-ring (bicyclic) bond motifs is 1. The van der Waals surface area contributed by atoms with E-state index in [2.05, 4.69) is 10.3 Å². The lowest BCUT2D eigenvalue weighted by Crippen LogP contribution is -2.41. The third-order valence-electron chi connectivity index (χ3n) is 2.80. The molecule has 114 valence electrons. The van der Waals surface area contributed by atoms with Crippen molar-refractivity contribution in [1.29, 1.82) is 0 Å². The first-order valence-electron chi connectivity index (χ1n) is 6.89. The minimum atomic E-state index is -0.580. The Bertz CT molecular complexity index is 545. The van der Waals surface area contributed by atoms with Gasteiger partial charge in [-0.15, -0.1) is 0 Å². The maximum Gasteiger partial charge on any atom is 0.412 e. The molecule has 2 amide bonds. The highest BCUT2D eigenvalue weighted by Gasteiger charge is 2.27. The summed E-state index contributed by atoms with van der Waals surface area (Å²) in [6.07, 6.45) is -0.580. The number of aromatic nitrogens is 1. The van der Waals surface area contributed by atoms with Crippen LogP contribution in [-0.4, -0.2) is 36.7 Å². The predicted octanol–water partition coefficient (Wildman–Crippen LogP) is 2.03. The molecule has 0 aliphatic carbocycles. The van der Waals surface area contributed by atoms with E-state index >= 15 is 0 Å². The summed E-state index contributed by atoms with van der Waals surface area (Å²) in [6.45, 7) is 6.58. The number of hydrogen-bond acceptors (Lipinski definition) is 5. The minimum Gasteiger partial charge on any atom is -0.480 e. The molecule has 1 aromatic heterocycles. The summed E-state index contributed by atoms with van der Waals surface area (Å²) in [4.78, 5) is 29.3. The van der Waals surface area contributed by atoms with Gasteiger partial charge in [-0.2, -0.15) is 0 Å². The van der Waals surface area contributed by atoms with E-state index in [0.29, 0.717) is 29.8 Å². The molecule has 21 heavy (non-hydrogen) atoms. The van der Waals surface area contributed by atoms with E-state index in [0.717, 1.165) is 0 Å². The number of rotatable bonds is 4. The van der Waals surface area contributed by atoms with Crippen LogP contribution in [0.5, 0.6) is 5.75 Å². The fourth-order valence-electron chi connectivity index (χ4n) is 1.97. The average Bonchev–Trinajstić information content (AvgIpc) is 2.42. The zero-order chi connectivity index (χ0) is 15.4. The van der Waals surface area contributed by atoms with Gasteiger partial charge in [-0.1, -0.05) is 13.8 Å². The van der Waals surface area contributed by atoms with Gasteiger partial charge in [0.1, 0.15) is 5.82 Å². The van der Waals surface area contributed by atoms with Gasteiger partial charge in [-0.3, -0.25) is 15.0 Å². The monoisotopic (exact) mass is 293 g/mol. The molecule has 2 rings (SSSR count). The van der Waals surface area contributed by atoms with Crippen molar-refractivity contribution in [3.8, 4) is 5.75 Å². The van der Waals surface area contributed by atoms with Crippen LogP contribution < -0.4 is 15.0 Å². The number of amides is 2. The first-order chi connectivity index (χ1) is 10.0. The zero-order valence-electron chi connectivity index (χ0n) is 12.4. The van der Waals surface area contributed by atoms with Crippen molar-refractivity contribution in [1.82, 2.24) is 4.98 Å². The normalized spacial score (nSPS) is 13.7. The Hall–Kier alpha value is -2.31. The molecule has 0 aromatic carbocycles. The van der Waals surface area contributed by atoms with Crippen molar-refractivity contribution in [3.63, 3.8) is 0 Å². The number of ether oxygens (including phenoxy) is 2. The molecule has 0 bridgehead atoms. The molecule has 0 saturated heterocycles. The Kier molecular flexibility index (Phi) is 4.62. The van der Waals surface area contributed by atoms with Crippen LogP contribution in [0.1, 0.15) is 20.8 Å². The highest BCUT2D eigenvalue weighted by molar-refractivity contribution is 5.97. The van der Waals surface area contributed by atoms with Gasteiger partial charge < -0.3 is 9.47 Å². The fraction of sp³-hybridized carbons (Fsp3) is 0.500. The Morgan fingerprint density at radius 2 is 2.29 bits per heavy atom. The van der Waals surface area contributed by atoms with Crippen LogP contribution in [0, 0.1) is 5.92 Å². The van der Waals surface area contributed by atoms with Crippen molar-refractivity contribution in [3.05, 3.63) is 12.1 Å². The Morgan fingerprint density at radius 3 is 2.95 bits per heavy atom. The largest absolute Gasteiger partial charge is 0.480 e. The second-order valence-electron chi connectivity index (χ2n) is 5.05.